The summed E-state index contributed by atoms with van der Waals surface area (Å²) >= 11 is 4.07. The molecule has 0 saturated carbocycles. The lowest BCUT2D eigenvalue weighted by molar-refractivity contribution is 0.102. The Hall–Kier alpha value is -1.41. The standard InChI is InChI=1S/C11H4BrF4NOS/c12-4-1-2-19-10(4)11(18)17-9-7(15)5(13)3-6(14)8(9)16/h1-3H,(H,17,18). The van der Waals surface area contributed by atoms with Crippen LogP contribution in [0.3, 0.4) is 0 Å². The number of hydrogen-bond acceptors (Lipinski definition) is 2. The molecular formula is C11H4BrF4NOS. The fourth-order valence-electron chi connectivity index (χ4n) is 1.31. The molecule has 0 aliphatic rings. The lowest BCUT2D eigenvalue weighted by Gasteiger charge is -2.08. The molecule has 1 heterocycles. The lowest BCUT2D eigenvalue weighted by Crippen LogP contribution is -2.15. The highest BCUT2D eigenvalue weighted by atomic mass is 79.9. The monoisotopic (exact) mass is 353 g/mol. The van der Waals surface area contributed by atoms with Gasteiger partial charge in [-0.05, 0) is 27.4 Å². The van der Waals surface area contributed by atoms with E-state index in [1.165, 1.54) is 0 Å². The molecule has 0 saturated heterocycles. The summed E-state index contributed by atoms with van der Waals surface area (Å²) in [6.07, 6.45) is 0. The van der Waals surface area contributed by atoms with Crippen molar-refractivity contribution in [3.63, 3.8) is 0 Å². The van der Waals surface area contributed by atoms with E-state index in [4.69, 9.17) is 0 Å². The minimum absolute atomic E-state index is 0.0708. The third-order valence-electron chi connectivity index (χ3n) is 2.17. The number of rotatable bonds is 2. The predicted octanol–water partition coefficient (Wildman–Crippen LogP) is 4.32. The van der Waals surface area contributed by atoms with E-state index in [0.29, 0.717) is 4.47 Å². The Morgan fingerprint density at radius 1 is 1.16 bits per heavy atom. The van der Waals surface area contributed by atoms with Crippen LogP contribution in [0.25, 0.3) is 0 Å². The maximum Gasteiger partial charge on any atom is 0.267 e. The van der Waals surface area contributed by atoms with Gasteiger partial charge in [0.05, 0.1) is 0 Å². The van der Waals surface area contributed by atoms with Crippen molar-refractivity contribution in [2.75, 3.05) is 5.32 Å². The fourth-order valence-corrected chi connectivity index (χ4v) is 2.76. The van der Waals surface area contributed by atoms with Crippen molar-refractivity contribution in [3.8, 4) is 0 Å². The van der Waals surface area contributed by atoms with Crippen molar-refractivity contribution in [3.05, 3.63) is 50.1 Å². The van der Waals surface area contributed by atoms with Crippen LogP contribution >= 0.6 is 27.3 Å². The van der Waals surface area contributed by atoms with Crippen molar-refractivity contribution < 1.29 is 22.4 Å². The maximum atomic E-state index is 13.3. The van der Waals surface area contributed by atoms with E-state index < -0.39 is 34.9 Å². The van der Waals surface area contributed by atoms with Gasteiger partial charge in [0.2, 0.25) is 0 Å². The second-order valence-electron chi connectivity index (χ2n) is 3.39. The highest BCUT2D eigenvalue weighted by Gasteiger charge is 2.22. The zero-order chi connectivity index (χ0) is 14.2. The van der Waals surface area contributed by atoms with Crippen LogP contribution in [0.2, 0.25) is 0 Å². The highest BCUT2D eigenvalue weighted by molar-refractivity contribution is 9.10. The summed E-state index contributed by atoms with van der Waals surface area (Å²) in [7, 11) is 0. The SMILES string of the molecule is O=C(Nc1c(F)c(F)cc(F)c1F)c1sccc1Br. The van der Waals surface area contributed by atoms with E-state index >= 15 is 0 Å². The average Bonchev–Trinajstić information content (AvgIpc) is 2.78. The third-order valence-corrected chi connectivity index (χ3v) is 4.01. The van der Waals surface area contributed by atoms with Crippen LogP contribution in [0.5, 0.6) is 0 Å². The van der Waals surface area contributed by atoms with Crippen LogP contribution in [-0.2, 0) is 0 Å². The highest BCUT2D eigenvalue weighted by Crippen LogP contribution is 2.27. The van der Waals surface area contributed by atoms with Crippen molar-refractivity contribution in [2.24, 2.45) is 0 Å². The molecule has 1 amide bonds. The number of benzene rings is 1. The van der Waals surface area contributed by atoms with Gasteiger partial charge in [0.25, 0.3) is 5.91 Å². The van der Waals surface area contributed by atoms with Crippen LogP contribution in [0, 0.1) is 23.3 Å². The molecule has 0 radical (unpaired) electrons. The molecule has 100 valence electrons. The summed E-state index contributed by atoms with van der Waals surface area (Å²) < 4.78 is 53.0. The number of thiophene rings is 1. The van der Waals surface area contributed by atoms with Gasteiger partial charge in [0.1, 0.15) is 10.6 Å². The van der Waals surface area contributed by atoms with Crippen LogP contribution in [0.15, 0.2) is 22.0 Å². The summed E-state index contributed by atoms with van der Waals surface area (Å²) in [5.41, 5.74) is -1.15. The maximum absolute atomic E-state index is 13.3. The first-order valence-corrected chi connectivity index (χ1v) is 6.46. The first-order valence-electron chi connectivity index (χ1n) is 4.79. The molecule has 1 N–H and O–H groups in total. The third kappa shape index (κ3) is 2.64. The van der Waals surface area contributed by atoms with Crippen LogP contribution in [0.4, 0.5) is 23.2 Å². The number of amides is 1. The van der Waals surface area contributed by atoms with Gasteiger partial charge in [0, 0.05) is 10.5 Å². The second-order valence-corrected chi connectivity index (χ2v) is 5.17. The van der Waals surface area contributed by atoms with Crippen molar-refractivity contribution in [1.29, 1.82) is 0 Å². The van der Waals surface area contributed by atoms with Crippen LogP contribution < -0.4 is 5.32 Å². The Balaban J connectivity index is 2.40. The molecule has 1 aromatic heterocycles. The van der Waals surface area contributed by atoms with Gasteiger partial charge in [-0.3, -0.25) is 4.79 Å². The Morgan fingerprint density at radius 3 is 2.21 bits per heavy atom. The molecule has 1 aromatic carbocycles. The van der Waals surface area contributed by atoms with Gasteiger partial charge in [0.15, 0.2) is 23.3 Å². The molecule has 2 aromatic rings. The molecule has 0 spiro atoms. The molecule has 0 unspecified atom stereocenters. The van der Waals surface area contributed by atoms with Crippen LogP contribution in [0.1, 0.15) is 9.67 Å². The van der Waals surface area contributed by atoms with E-state index in [1.54, 1.807) is 11.4 Å². The number of carbonyl (C=O) groups excluding carboxylic acids is 1. The van der Waals surface area contributed by atoms with Crippen LogP contribution in [-0.4, -0.2) is 5.91 Å². The molecular weight excluding hydrogens is 350 g/mol. The number of anilines is 1. The molecule has 0 aliphatic heterocycles. The summed E-state index contributed by atoms with van der Waals surface area (Å²) in [5, 5.41) is 3.38. The first-order chi connectivity index (χ1) is 8.91. The molecule has 2 nitrogen and oxygen atoms in total. The minimum atomic E-state index is -1.65. The van der Waals surface area contributed by atoms with E-state index in [-0.39, 0.29) is 10.9 Å². The van der Waals surface area contributed by atoms with Gasteiger partial charge >= 0.3 is 0 Å². The largest absolute Gasteiger partial charge is 0.316 e. The average molecular weight is 354 g/mol. The normalized spacial score (nSPS) is 10.6. The fraction of sp³-hybridized carbons (Fsp3) is 0. The Kier molecular flexibility index (Phi) is 3.91. The number of nitrogens with one attached hydrogen (secondary N) is 1. The van der Waals surface area contributed by atoms with Crippen molar-refractivity contribution in [1.82, 2.24) is 0 Å². The summed E-state index contributed by atoms with van der Waals surface area (Å²) in [6.45, 7) is 0. The topological polar surface area (TPSA) is 29.1 Å². The number of carbonyl (C=O) groups is 1. The molecule has 8 heteroatoms. The number of hydrogen-bond donors (Lipinski definition) is 1. The van der Waals surface area contributed by atoms with E-state index in [2.05, 4.69) is 15.9 Å². The molecule has 0 aliphatic carbocycles. The Bertz CT molecular complexity index is 632. The molecule has 19 heavy (non-hydrogen) atoms. The van der Waals surface area contributed by atoms with Crippen molar-refractivity contribution >= 4 is 38.9 Å². The minimum Gasteiger partial charge on any atom is -0.316 e. The van der Waals surface area contributed by atoms with Gasteiger partial charge in [-0.1, -0.05) is 0 Å². The van der Waals surface area contributed by atoms with Gasteiger partial charge in [-0.15, -0.1) is 11.3 Å². The predicted molar refractivity (Wildman–Crippen MR) is 66.2 cm³/mol. The zero-order valence-corrected chi connectivity index (χ0v) is 11.3. The van der Waals surface area contributed by atoms with E-state index in [9.17, 15) is 22.4 Å². The molecule has 2 rings (SSSR count). The van der Waals surface area contributed by atoms with Gasteiger partial charge < -0.3 is 5.32 Å². The summed E-state index contributed by atoms with van der Waals surface area (Å²) in [6, 6.07) is 1.62. The second kappa shape index (κ2) is 5.30. The summed E-state index contributed by atoms with van der Waals surface area (Å²) in [4.78, 5) is 11.8. The molecule has 0 fully saturated rings. The molecule has 0 atom stereocenters. The van der Waals surface area contributed by atoms with E-state index in [0.717, 1.165) is 11.3 Å². The first kappa shape index (κ1) is 14.0. The number of halogens is 5. The lowest BCUT2D eigenvalue weighted by atomic mass is 10.2. The Morgan fingerprint density at radius 2 is 1.74 bits per heavy atom. The Labute approximate surface area is 117 Å². The zero-order valence-electron chi connectivity index (χ0n) is 8.94. The smallest absolute Gasteiger partial charge is 0.267 e. The van der Waals surface area contributed by atoms with Crippen molar-refractivity contribution in [2.45, 2.75) is 0 Å². The van der Waals surface area contributed by atoms with Gasteiger partial charge in [-0.2, -0.15) is 0 Å². The van der Waals surface area contributed by atoms with Gasteiger partial charge in [-0.25, -0.2) is 17.6 Å². The van der Waals surface area contributed by atoms with E-state index in [1.807, 2.05) is 5.32 Å². The molecule has 0 bridgehead atoms. The quantitative estimate of drug-likeness (QED) is 0.632. The summed E-state index contributed by atoms with van der Waals surface area (Å²) in [5.74, 6) is -7.34.